The number of aliphatic hydroxyl groups is 1. The molecule has 0 fully saturated rings. The average Bonchev–Trinajstić information content (AvgIpc) is 2.65. The van der Waals surface area contributed by atoms with Gasteiger partial charge in [-0.15, -0.1) is 0 Å². The lowest BCUT2D eigenvalue weighted by Gasteiger charge is -2.35. The maximum absolute atomic E-state index is 12.1. The molecule has 0 saturated heterocycles. The Bertz CT molecular complexity index is 711. The molecule has 0 aromatic heterocycles. The summed E-state index contributed by atoms with van der Waals surface area (Å²) >= 11 is 0. The van der Waals surface area contributed by atoms with Crippen LogP contribution in [-0.2, 0) is 14.3 Å². The van der Waals surface area contributed by atoms with Crippen LogP contribution in [0.5, 0.6) is 0 Å². The normalized spacial score (nSPS) is 18.5. The Balaban J connectivity index is 2.67. The first-order valence-electron chi connectivity index (χ1n) is 7.31. The van der Waals surface area contributed by atoms with Crippen LogP contribution in [0, 0.1) is 6.92 Å². The molecule has 1 aliphatic heterocycles. The Kier molecular flexibility index (Phi) is 4.32. The zero-order valence-corrected chi connectivity index (χ0v) is 14.0. The second kappa shape index (κ2) is 5.91. The van der Waals surface area contributed by atoms with Crippen LogP contribution in [0.15, 0.2) is 47.4 Å². The van der Waals surface area contributed by atoms with Gasteiger partial charge in [-0.25, -0.2) is 4.79 Å². The highest BCUT2D eigenvalue weighted by Crippen LogP contribution is 2.43. The van der Waals surface area contributed by atoms with Crippen molar-refractivity contribution in [1.82, 2.24) is 0 Å². The van der Waals surface area contributed by atoms with Gasteiger partial charge in [0.2, 0.25) is 0 Å². The number of hydrogen-bond donors (Lipinski definition) is 1. The average molecular weight is 315 g/mol. The van der Waals surface area contributed by atoms with E-state index < -0.39 is 11.5 Å². The van der Waals surface area contributed by atoms with Gasteiger partial charge in [-0.3, -0.25) is 4.79 Å². The number of hydrogen-bond acceptors (Lipinski definition) is 5. The van der Waals surface area contributed by atoms with E-state index in [1.54, 1.807) is 18.7 Å². The van der Waals surface area contributed by atoms with E-state index in [0.29, 0.717) is 5.70 Å². The second-order valence-corrected chi connectivity index (χ2v) is 6.09. The number of nitrogens with zero attached hydrogens (tertiary/aromatic N) is 1. The number of rotatable bonds is 3. The Hall–Kier alpha value is -2.56. The monoisotopic (exact) mass is 315 g/mol. The van der Waals surface area contributed by atoms with E-state index in [0.717, 1.165) is 11.3 Å². The van der Waals surface area contributed by atoms with E-state index in [9.17, 15) is 14.7 Å². The van der Waals surface area contributed by atoms with Crippen LogP contribution < -0.4 is 4.90 Å². The molecule has 0 unspecified atom stereocenters. The zero-order chi connectivity index (χ0) is 17.4. The van der Waals surface area contributed by atoms with Crippen LogP contribution in [0.1, 0.15) is 26.3 Å². The largest absolute Gasteiger partial charge is 0.505 e. The number of benzene rings is 1. The van der Waals surface area contributed by atoms with Crippen molar-refractivity contribution in [3.8, 4) is 0 Å². The van der Waals surface area contributed by atoms with E-state index >= 15 is 0 Å². The fraction of sp³-hybridized carbons (Fsp3) is 0.333. The van der Waals surface area contributed by atoms with Crippen molar-refractivity contribution >= 4 is 17.4 Å². The predicted octanol–water partition coefficient (Wildman–Crippen LogP) is 3.05. The number of carbonyl (C=O) groups is 2. The first kappa shape index (κ1) is 16.8. The maximum atomic E-state index is 12.1. The summed E-state index contributed by atoms with van der Waals surface area (Å²) in [4.78, 5) is 25.5. The van der Waals surface area contributed by atoms with Crippen LogP contribution in [0.2, 0.25) is 0 Å². The summed E-state index contributed by atoms with van der Waals surface area (Å²) in [5.41, 5.74) is 1.44. The van der Waals surface area contributed by atoms with Crippen molar-refractivity contribution < 1.29 is 19.4 Å². The Labute approximate surface area is 135 Å². The molecule has 1 aromatic carbocycles. The third kappa shape index (κ3) is 2.86. The number of anilines is 1. The smallest absolute Gasteiger partial charge is 0.339 e. The van der Waals surface area contributed by atoms with Crippen molar-refractivity contribution in [2.24, 2.45) is 0 Å². The molecule has 5 heteroatoms. The van der Waals surface area contributed by atoms with Crippen molar-refractivity contribution in [2.75, 3.05) is 12.0 Å². The summed E-state index contributed by atoms with van der Waals surface area (Å²) in [6.45, 7) is 6.98. The van der Waals surface area contributed by atoms with Gasteiger partial charge in [0.1, 0.15) is 5.57 Å². The minimum absolute atomic E-state index is 0.132. The standard InChI is InChI=1S/C18H21NO4/c1-11-6-8-13(9-7-11)19-14(10-12(2)20)16(21)15(17(22)23-5)18(19,3)4/h6-10,21H,1-5H3/b14-10+. The van der Waals surface area contributed by atoms with Crippen molar-refractivity contribution in [1.29, 1.82) is 0 Å². The minimum atomic E-state index is -0.853. The van der Waals surface area contributed by atoms with Crippen LogP contribution in [-0.4, -0.2) is 29.5 Å². The molecule has 1 aliphatic rings. The second-order valence-electron chi connectivity index (χ2n) is 6.09. The summed E-state index contributed by atoms with van der Waals surface area (Å²) in [7, 11) is 1.27. The van der Waals surface area contributed by atoms with Gasteiger partial charge >= 0.3 is 5.97 Å². The highest BCUT2D eigenvalue weighted by Gasteiger charge is 2.47. The van der Waals surface area contributed by atoms with Crippen molar-refractivity contribution in [3.63, 3.8) is 0 Å². The van der Waals surface area contributed by atoms with E-state index in [-0.39, 0.29) is 17.1 Å². The molecule has 0 spiro atoms. The fourth-order valence-corrected chi connectivity index (χ4v) is 2.87. The first-order valence-corrected chi connectivity index (χ1v) is 7.31. The molecule has 0 radical (unpaired) electrons. The number of ether oxygens (including phenoxy) is 1. The van der Waals surface area contributed by atoms with Gasteiger partial charge < -0.3 is 14.7 Å². The predicted molar refractivity (Wildman–Crippen MR) is 88.2 cm³/mol. The number of carbonyl (C=O) groups excluding carboxylic acids is 2. The summed E-state index contributed by atoms with van der Waals surface area (Å²) in [6.07, 6.45) is 1.33. The summed E-state index contributed by atoms with van der Waals surface area (Å²) in [5.74, 6) is -1.06. The highest BCUT2D eigenvalue weighted by atomic mass is 16.5. The molecule has 0 amide bonds. The van der Waals surface area contributed by atoms with Gasteiger partial charge in [0.25, 0.3) is 0 Å². The third-order valence-corrected chi connectivity index (χ3v) is 3.91. The van der Waals surface area contributed by atoms with Crippen LogP contribution >= 0.6 is 0 Å². The molecule has 0 saturated carbocycles. The van der Waals surface area contributed by atoms with Crippen LogP contribution in [0.4, 0.5) is 5.69 Å². The number of allylic oxidation sites excluding steroid dienone is 1. The number of aliphatic hydroxyl groups excluding tert-OH is 1. The van der Waals surface area contributed by atoms with Crippen molar-refractivity contribution in [2.45, 2.75) is 33.2 Å². The molecular weight excluding hydrogens is 294 g/mol. The van der Waals surface area contributed by atoms with Gasteiger partial charge in [-0.2, -0.15) is 0 Å². The van der Waals surface area contributed by atoms with E-state index in [2.05, 4.69) is 0 Å². The zero-order valence-electron chi connectivity index (χ0n) is 14.0. The summed E-state index contributed by atoms with van der Waals surface area (Å²) in [6, 6.07) is 7.64. The lowest BCUT2D eigenvalue weighted by atomic mass is 9.94. The third-order valence-electron chi connectivity index (χ3n) is 3.91. The van der Waals surface area contributed by atoms with Gasteiger partial charge in [-0.05, 0) is 39.8 Å². The minimum Gasteiger partial charge on any atom is -0.505 e. The molecule has 5 nitrogen and oxygen atoms in total. The Morgan fingerprint density at radius 3 is 2.26 bits per heavy atom. The van der Waals surface area contributed by atoms with E-state index in [4.69, 9.17) is 4.74 Å². The van der Waals surface area contributed by atoms with Gasteiger partial charge in [0.15, 0.2) is 11.5 Å². The van der Waals surface area contributed by atoms with Crippen LogP contribution in [0.3, 0.4) is 0 Å². The number of aryl methyl sites for hydroxylation is 1. The van der Waals surface area contributed by atoms with Gasteiger partial charge in [-0.1, -0.05) is 17.7 Å². The van der Waals surface area contributed by atoms with E-state index in [1.807, 2.05) is 31.2 Å². The summed E-state index contributed by atoms with van der Waals surface area (Å²) in [5, 5.41) is 10.5. The molecule has 23 heavy (non-hydrogen) atoms. The molecule has 0 bridgehead atoms. The lowest BCUT2D eigenvalue weighted by molar-refractivity contribution is -0.136. The molecule has 0 aliphatic carbocycles. The lowest BCUT2D eigenvalue weighted by Crippen LogP contribution is -2.42. The highest BCUT2D eigenvalue weighted by molar-refractivity contribution is 5.98. The van der Waals surface area contributed by atoms with E-state index in [1.165, 1.54) is 20.1 Å². The Morgan fingerprint density at radius 1 is 1.22 bits per heavy atom. The molecule has 1 aromatic rings. The fourth-order valence-electron chi connectivity index (χ4n) is 2.87. The molecule has 2 rings (SSSR count). The number of ketones is 1. The molecule has 1 heterocycles. The van der Waals surface area contributed by atoms with Crippen molar-refractivity contribution in [3.05, 3.63) is 52.9 Å². The van der Waals surface area contributed by atoms with Gasteiger partial charge in [0.05, 0.1) is 18.3 Å². The van der Waals surface area contributed by atoms with Gasteiger partial charge in [0, 0.05) is 11.8 Å². The number of methoxy groups -OCH3 is 1. The SMILES string of the molecule is COC(=O)C1=C(O)/C(=C\C(C)=O)N(c2ccc(C)cc2)C1(C)C. The quantitative estimate of drug-likeness (QED) is 0.686. The molecule has 122 valence electrons. The molecular formula is C18H21NO4. The maximum Gasteiger partial charge on any atom is 0.339 e. The van der Waals surface area contributed by atoms with Crippen LogP contribution in [0.25, 0.3) is 0 Å². The number of esters is 1. The molecule has 1 N–H and O–H groups in total. The topological polar surface area (TPSA) is 66.8 Å². The molecule has 0 atom stereocenters. The Morgan fingerprint density at radius 2 is 1.78 bits per heavy atom. The summed E-state index contributed by atoms with van der Waals surface area (Å²) < 4.78 is 4.80. The first-order chi connectivity index (χ1) is 10.7.